The average molecular weight is 349 g/mol. The zero-order valence-corrected chi connectivity index (χ0v) is 14.4. The molecule has 0 fully saturated rings. The first-order valence-corrected chi connectivity index (χ1v) is 7.92. The summed E-state index contributed by atoms with van der Waals surface area (Å²) in [5.41, 5.74) is -0.629. The van der Waals surface area contributed by atoms with Crippen LogP contribution in [0.25, 0.3) is 22.4 Å². The molecule has 2 heterocycles. The second-order valence-corrected chi connectivity index (χ2v) is 7.17. The van der Waals surface area contributed by atoms with E-state index in [1.807, 2.05) is 0 Å². The molecule has 2 aliphatic rings. The number of hydrogen-bond donors (Lipinski definition) is 1. The van der Waals surface area contributed by atoms with Crippen molar-refractivity contribution in [1.82, 2.24) is 9.97 Å². The summed E-state index contributed by atoms with van der Waals surface area (Å²) < 4.78 is 11.3. The average Bonchev–Trinajstić information content (AvgIpc) is 2.47. The number of rotatable bonds is 3. The molecule has 0 bridgehead atoms. The molecule has 3 rings (SSSR count). The fourth-order valence-corrected chi connectivity index (χ4v) is 2.51. The van der Waals surface area contributed by atoms with Crippen LogP contribution in [0.4, 0.5) is 0 Å². The van der Waals surface area contributed by atoms with Crippen LogP contribution < -0.4 is 16.0 Å². The minimum absolute atomic E-state index is 0.0509. The normalized spacial score (nSPS) is 12.0. The topological polar surface area (TPSA) is 85.2 Å². The van der Waals surface area contributed by atoms with Crippen LogP contribution in [0.15, 0.2) is 32.2 Å². The molecule has 0 atom stereocenters. The van der Waals surface area contributed by atoms with Gasteiger partial charge in [0.25, 0.3) is 5.56 Å². The molecule has 1 aromatic rings. The van der Waals surface area contributed by atoms with Crippen molar-refractivity contribution in [3.63, 3.8) is 0 Å². The summed E-state index contributed by atoms with van der Waals surface area (Å²) >= 11 is 6.36. The predicted octanol–water partition coefficient (Wildman–Crippen LogP) is 3.45. The summed E-state index contributed by atoms with van der Waals surface area (Å²) in [6.45, 7) is 6.90. The van der Waals surface area contributed by atoms with Gasteiger partial charge in [0.1, 0.15) is 16.3 Å². The Morgan fingerprint density at radius 2 is 2.04 bits per heavy atom. The minimum Gasteiger partial charge on any atom is -0.492 e. The molecule has 126 valence electrons. The van der Waals surface area contributed by atoms with Gasteiger partial charge in [0.15, 0.2) is 5.58 Å². The highest BCUT2D eigenvalue weighted by atomic mass is 35.5. The highest BCUT2D eigenvalue weighted by molar-refractivity contribution is 6.36. The number of H-pyrrole nitrogens is 1. The SMILES string of the molecule is CC(C)(C)CCOc1ccc2cc3c(=O)[nH]c(=O)nc-3oc2c1Cl. The Balaban J connectivity index is 2.05. The van der Waals surface area contributed by atoms with Crippen LogP contribution in [-0.4, -0.2) is 16.6 Å². The largest absolute Gasteiger partial charge is 0.492 e. The van der Waals surface area contributed by atoms with Crippen LogP contribution in [0, 0.1) is 5.41 Å². The van der Waals surface area contributed by atoms with E-state index < -0.39 is 11.2 Å². The highest BCUT2D eigenvalue weighted by Gasteiger charge is 2.18. The van der Waals surface area contributed by atoms with Crippen molar-refractivity contribution in [3.8, 4) is 17.2 Å². The number of hydrogen-bond acceptors (Lipinski definition) is 5. The minimum atomic E-state index is -0.760. The van der Waals surface area contributed by atoms with Gasteiger partial charge >= 0.3 is 5.69 Å². The van der Waals surface area contributed by atoms with E-state index in [2.05, 4.69) is 30.7 Å². The number of fused-ring (bicyclic) bond motifs is 2. The predicted molar refractivity (Wildman–Crippen MR) is 92.1 cm³/mol. The van der Waals surface area contributed by atoms with E-state index in [4.69, 9.17) is 20.8 Å². The number of benzene rings is 1. The molecular formula is C17H17ClN2O4. The molecule has 0 spiro atoms. The molecular weight excluding hydrogens is 332 g/mol. The van der Waals surface area contributed by atoms with Crippen molar-refractivity contribution in [2.75, 3.05) is 6.61 Å². The van der Waals surface area contributed by atoms with Gasteiger partial charge < -0.3 is 9.15 Å². The van der Waals surface area contributed by atoms with E-state index in [0.29, 0.717) is 23.3 Å². The second kappa shape index (κ2) is 5.94. The molecule has 1 aromatic carbocycles. The zero-order chi connectivity index (χ0) is 17.5. The van der Waals surface area contributed by atoms with Gasteiger partial charge in [-0.2, -0.15) is 4.98 Å². The molecule has 24 heavy (non-hydrogen) atoms. The van der Waals surface area contributed by atoms with Gasteiger partial charge in [0.05, 0.1) is 6.61 Å². The monoisotopic (exact) mass is 348 g/mol. The third kappa shape index (κ3) is 3.28. The Kier molecular flexibility index (Phi) is 4.09. The lowest BCUT2D eigenvalue weighted by Crippen LogP contribution is -2.24. The Labute approximate surface area is 142 Å². The first kappa shape index (κ1) is 16.5. The number of aromatic nitrogens is 2. The molecule has 0 aliphatic carbocycles. The van der Waals surface area contributed by atoms with Crippen LogP contribution in [0.3, 0.4) is 0 Å². The van der Waals surface area contributed by atoms with Gasteiger partial charge in [-0.15, -0.1) is 0 Å². The van der Waals surface area contributed by atoms with Crippen molar-refractivity contribution in [2.24, 2.45) is 5.41 Å². The second-order valence-electron chi connectivity index (χ2n) is 6.79. The van der Waals surface area contributed by atoms with E-state index in [0.717, 1.165) is 6.42 Å². The zero-order valence-electron chi connectivity index (χ0n) is 13.6. The van der Waals surface area contributed by atoms with Gasteiger partial charge in [-0.25, -0.2) is 4.79 Å². The number of halogens is 1. The Hall–Kier alpha value is -2.34. The summed E-state index contributed by atoms with van der Waals surface area (Å²) in [5.74, 6) is 0.439. The van der Waals surface area contributed by atoms with Crippen LogP contribution in [-0.2, 0) is 0 Å². The highest BCUT2D eigenvalue weighted by Crippen LogP contribution is 2.35. The van der Waals surface area contributed by atoms with E-state index in [9.17, 15) is 9.59 Å². The molecule has 2 aliphatic heterocycles. The number of nitrogens with one attached hydrogen (secondary N) is 1. The van der Waals surface area contributed by atoms with E-state index in [-0.39, 0.29) is 21.9 Å². The maximum Gasteiger partial charge on any atom is 0.351 e. The third-order valence-electron chi connectivity index (χ3n) is 3.60. The number of ether oxygens (including phenoxy) is 1. The van der Waals surface area contributed by atoms with E-state index >= 15 is 0 Å². The van der Waals surface area contributed by atoms with E-state index in [1.165, 1.54) is 0 Å². The Morgan fingerprint density at radius 3 is 2.75 bits per heavy atom. The number of nitrogens with zero attached hydrogens (tertiary/aromatic N) is 1. The molecule has 0 saturated carbocycles. The van der Waals surface area contributed by atoms with Gasteiger partial charge in [-0.3, -0.25) is 9.78 Å². The molecule has 0 saturated heterocycles. The quantitative estimate of drug-likeness (QED) is 0.733. The van der Waals surface area contributed by atoms with Crippen LogP contribution >= 0.6 is 11.6 Å². The van der Waals surface area contributed by atoms with Crippen molar-refractivity contribution < 1.29 is 9.15 Å². The molecule has 6 nitrogen and oxygen atoms in total. The lowest BCUT2D eigenvalue weighted by atomic mass is 9.93. The summed E-state index contributed by atoms with van der Waals surface area (Å²) in [6, 6.07) is 5.07. The van der Waals surface area contributed by atoms with Gasteiger partial charge in [0.2, 0.25) is 5.89 Å². The van der Waals surface area contributed by atoms with Gasteiger partial charge in [-0.1, -0.05) is 32.4 Å². The van der Waals surface area contributed by atoms with Crippen molar-refractivity contribution in [2.45, 2.75) is 27.2 Å². The van der Waals surface area contributed by atoms with Gasteiger partial charge in [0, 0.05) is 5.39 Å². The first-order valence-electron chi connectivity index (χ1n) is 7.54. The molecule has 1 N–H and O–H groups in total. The fraction of sp³-hybridized carbons (Fsp3) is 0.353. The van der Waals surface area contributed by atoms with Crippen LogP contribution in [0.1, 0.15) is 27.2 Å². The maximum atomic E-state index is 11.8. The smallest absolute Gasteiger partial charge is 0.351 e. The molecule has 0 unspecified atom stereocenters. The summed E-state index contributed by atoms with van der Waals surface area (Å²) in [6.07, 6.45) is 0.868. The number of aromatic amines is 1. The standard InChI is InChI=1S/C17H17ClN2O4/c1-17(2,3)6-7-23-11-5-4-9-8-10-14(21)19-16(22)20-15(10)24-13(9)12(11)18/h4-5,8H,6-7H2,1-3H3,(H,19,21,22). The van der Waals surface area contributed by atoms with Crippen LogP contribution in [0.2, 0.25) is 5.02 Å². The van der Waals surface area contributed by atoms with Crippen molar-refractivity contribution in [3.05, 3.63) is 44.1 Å². The summed E-state index contributed by atoms with van der Waals surface area (Å²) in [4.78, 5) is 28.9. The molecule has 0 aromatic heterocycles. The lowest BCUT2D eigenvalue weighted by Gasteiger charge is -2.18. The van der Waals surface area contributed by atoms with E-state index in [1.54, 1.807) is 18.2 Å². The molecule has 7 heteroatoms. The first-order chi connectivity index (χ1) is 11.2. The fourth-order valence-electron chi connectivity index (χ4n) is 2.25. The molecule has 0 amide bonds. The molecule has 0 radical (unpaired) electrons. The lowest BCUT2D eigenvalue weighted by molar-refractivity contribution is 0.243. The Morgan fingerprint density at radius 1 is 1.29 bits per heavy atom. The maximum absolute atomic E-state index is 11.8. The third-order valence-corrected chi connectivity index (χ3v) is 3.96. The summed E-state index contributed by atoms with van der Waals surface area (Å²) in [7, 11) is 0. The van der Waals surface area contributed by atoms with Crippen LogP contribution in [0.5, 0.6) is 5.75 Å². The van der Waals surface area contributed by atoms with Crippen molar-refractivity contribution >= 4 is 22.6 Å². The Bertz CT molecular complexity index is 985. The summed E-state index contributed by atoms with van der Waals surface area (Å²) in [5, 5.41) is 0.916. The van der Waals surface area contributed by atoms with Gasteiger partial charge in [-0.05, 0) is 30.0 Å². The van der Waals surface area contributed by atoms with Crippen molar-refractivity contribution in [1.29, 1.82) is 0 Å².